The monoisotopic (exact) mass is 393 g/mol. The molecular formula is C22H23N3O2S. The maximum absolute atomic E-state index is 12.6. The molecule has 0 bridgehead atoms. The number of carbonyl (C=O) groups is 1. The van der Waals surface area contributed by atoms with E-state index in [0.29, 0.717) is 10.7 Å². The Kier molecular flexibility index (Phi) is 5.99. The van der Waals surface area contributed by atoms with Crippen molar-refractivity contribution in [3.8, 4) is 5.69 Å². The largest absolute Gasteiger partial charge is 0.325 e. The number of aryl methyl sites for hydroxylation is 3. The van der Waals surface area contributed by atoms with Crippen molar-refractivity contribution >= 4 is 23.4 Å². The number of hydrogen-bond acceptors (Lipinski definition) is 4. The van der Waals surface area contributed by atoms with Crippen molar-refractivity contribution < 1.29 is 4.79 Å². The Morgan fingerprint density at radius 2 is 1.68 bits per heavy atom. The molecule has 6 heteroatoms. The molecule has 1 amide bonds. The smallest absolute Gasteiger partial charge is 0.271 e. The molecule has 0 saturated heterocycles. The standard InChI is InChI=1S/C22H23N3O2S/c1-14-6-9-18(10-7-14)25-21(26)12-11-20(24-25)28-17(4)22(27)23-19-13-15(2)5-8-16(19)3/h5-13,17H,1-4H3,(H,23,27)/t17-/m0/s1. The molecule has 2 aromatic carbocycles. The molecule has 0 aliphatic heterocycles. The second-order valence-corrected chi connectivity index (χ2v) is 8.19. The first kappa shape index (κ1) is 19.9. The van der Waals surface area contributed by atoms with Crippen LogP contribution in [-0.4, -0.2) is 20.9 Å². The van der Waals surface area contributed by atoms with E-state index in [1.165, 1.54) is 22.5 Å². The highest BCUT2D eigenvalue weighted by atomic mass is 32.2. The first-order valence-electron chi connectivity index (χ1n) is 9.06. The van der Waals surface area contributed by atoms with E-state index in [0.717, 1.165) is 22.4 Å². The molecule has 3 rings (SSSR count). The quantitative estimate of drug-likeness (QED) is 0.657. The van der Waals surface area contributed by atoms with E-state index in [4.69, 9.17) is 0 Å². The molecule has 0 saturated carbocycles. The minimum Gasteiger partial charge on any atom is -0.325 e. The molecule has 1 N–H and O–H groups in total. The Bertz CT molecular complexity index is 1060. The van der Waals surface area contributed by atoms with Gasteiger partial charge in [0.25, 0.3) is 5.56 Å². The van der Waals surface area contributed by atoms with Crippen LogP contribution in [0.1, 0.15) is 23.6 Å². The van der Waals surface area contributed by atoms with Gasteiger partial charge in [-0.2, -0.15) is 9.78 Å². The molecule has 0 fully saturated rings. The van der Waals surface area contributed by atoms with Crippen LogP contribution in [0.5, 0.6) is 0 Å². The number of nitrogens with zero attached hydrogens (tertiary/aromatic N) is 2. The molecule has 0 radical (unpaired) electrons. The van der Waals surface area contributed by atoms with Crippen molar-refractivity contribution in [2.75, 3.05) is 5.32 Å². The van der Waals surface area contributed by atoms with Crippen LogP contribution in [0.4, 0.5) is 5.69 Å². The zero-order valence-corrected chi connectivity index (χ0v) is 17.2. The summed E-state index contributed by atoms with van der Waals surface area (Å²) in [6.07, 6.45) is 0. The van der Waals surface area contributed by atoms with Crippen LogP contribution < -0.4 is 10.9 Å². The first-order valence-corrected chi connectivity index (χ1v) is 9.93. The number of hydrogen-bond donors (Lipinski definition) is 1. The van der Waals surface area contributed by atoms with Gasteiger partial charge in [-0.05, 0) is 63.1 Å². The van der Waals surface area contributed by atoms with Gasteiger partial charge in [0.15, 0.2) is 0 Å². The number of nitrogens with one attached hydrogen (secondary N) is 1. The van der Waals surface area contributed by atoms with E-state index < -0.39 is 0 Å². The predicted octanol–water partition coefficient (Wildman–Crippen LogP) is 4.28. The summed E-state index contributed by atoms with van der Waals surface area (Å²) in [6, 6.07) is 16.7. The van der Waals surface area contributed by atoms with E-state index in [1.807, 2.05) is 70.2 Å². The highest BCUT2D eigenvalue weighted by Crippen LogP contribution is 2.23. The van der Waals surface area contributed by atoms with Gasteiger partial charge in [0.2, 0.25) is 5.91 Å². The van der Waals surface area contributed by atoms with E-state index >= 15 is 0 Å². The number of aromatic nitrogens is 2. The van der Waals surface area contributed by atoms with E-state index in [-0.39, 0.29) is 16.7 Å². The van der Waals surface area contributed by atoms with E-state index in [9.17, 15) is 9.59 Å². The van der Waals surface area contributed by atoms with Gasteiger partial charge in [-0.25, -0.2) is 0 Å². The third kappa shape index (κ3) is 4.70. The third-order valence-electron chi connectivity index (χ3n) is 4.37. The van der Waals surface area contributed by atoms with Crippen molar-refractivity contribution in [3.63, 3.8) is 0 Å². The SMILES string of the molecule is Cc1ccc(-n2nc(S[C@@H](C)C(=O)Nc3cc(C)ccc3C)ccc2=O)cc1. The lowest BCUT2D eigenvalue weighted by Crippen LogP contribution is -2.24. The summed E-state index contributed by atoms with van der Waals surface area (Å²) in [5, 5.41) is 7.65. The van der Waals surface area contributed by atoms with Crippen molar-refractivity contribution in [3.05, 3.63) is 81.6 Å². The average molecular weight is 394 g/mol. The van der Waals surface area contributed by atoms with Gasteiger partial charge >= 0.3 is 0 Å². The maximum Gasteiger partial charge on any atom is 0.271 e. The lowest BCUT2D eigenvalue weighted by molar-refractivity contribution is -0.115. The van der Waals surface area contributed by atoms with E-state index in [2.05, 4.69) is 10.4 Å². The zero-order chi connectivity index (χ0) is 20.3. The van der Waals surface area contributed by atoms with Gasteiger partial charge < -0.3 is 5.32 Å². The van der Waals surface area contributed by atoms with Crippen LogP contribution in [-0.2, 0) is 4.79 Å². The van der Waals surface area contributed by atoms with Gasteiger partial charge in [0.1, 0.15) is 5.03 Å². The fourth-order valence-electron chi connectivity index (χ4n) is 2.67. The lowest BCUT2D eigenvalue weighted by Gasteiger charge is -2.14. The second-order valence-electron chi connectivity index (χ2n) is 6.82. The van der Waals surface area contributed by atoms with Crippen LogP contribution >= 0.6 is 11.8 Å². The Hall–Kier alpha value is -2.86. The number of benzene rings is 2. The molecule has 0 spiro atoms. The Morgan fingerprint density at radius 1 is 1.00 bits per heavy atom. The molecule has 0 aliphatic carbocycles. The van der Waals surface area contributed by atoms with Gasteiger partial charge in [-0.1, -0.05) is 41.6 Å². The van der Waals surface area contributed by atoms with Crippen LogP contribution in [0.15, 0.2) is 64.4 Å². The normalized spacial score (nSPS) is 11.9. The van der Waals surface area contributed by atoms with Crippen LogP contribution in [0.3, 0.4) is 0 Å². The second kappa shape index (κ2) is 8.44. The Morgan fingerprint density at radius 3 is 2.39 bits per heavy atom. The molecule has 144 valence electrons. The molecule has 1 atom stereocenters. The number of carbonyl (C=O) groups excluding carboxylic acids is 1. The fourth-order valence-corrected chi connectivity index (χ4v) is 3.47. The number of anilines is 1. The molecule has 1 aromatic heterocycles. The van der Waals surface area contributed by atoms with Crippen molar-refractivity contribution in [1.29, 1.82) is 0 Å². The van der Waals surface area contributed by atoms with Crippen LogP contribution in [0, 0.1) is 20.8 Å². The average Bonchev–Trinajstić information content (AvgIpc) is 2.67. The molecule has 5 nitrogen and oxygen atoms in total. The summed E-state index contributed by atoms with van der Waals surface area (Å²) in [6.45, 7) is 7.77. The van der Waals surface area contributed by atoms with Crippen LogP contribution in [0.2, 0.25) is 0 Å². The summed E-state index contributed by atoms with van der Waals surface area (Å²) in [5.41, 5.74) is 4.52. The minimum atomic E-state index is -0.364. The lowest BCUT2D eigenvalue weighted by atomic mass is 10.1. The third-order valence-corrected chi connectivity index (χ3v) is 5.40. The fraction of sp³-hybridized carbons (Fsp3) is 0.227. The highest BCUT2D eigenvalue weighted by molar-refractivity contribution is 8.00. The summed E-state index contributed by atoms with van der Waals surface area (Å²) < 4.78 is 1.36. The Labute approximate surface area is 168 Å². The summed E-state index contributed by atoms with van der Waals surface area (Å²) >= 11 is 1.32. The van der Waals surface area contributed by atoms with Gasteiger partial charge in [0.05, 0.1) is 10.9 Å². The van der Waals surface area contributed by atoms with Crippen molar-refractivity contribution in [2.24, 2.45) is 0 Å². The Balaban J connectivity index is 1.76. The summed E-state index contributed by atoms with van der Waals surface area (Å²) in [5.74, 6) is -0.103. The summed E-state index contributed by atoms with van der Waals surface area (Å²) in [4.78, 5) is 24.8. The molecule has 1 heterocycles. The number of amides is 1. The molecule has 3 aromatic rings. The van der Waals surface area contributed by atoms with Crippen LogP contribution in [0.25, 0.3) is 5.69 Å². The van der Waals surface area contributed by atoms with Gasteiger partial charge in [-0.15, -0.1) is 0 Å². The van der Waals surface area contributed by atoms with Gasteiger partial charge in [0, 0.05) is 11.8 Å². The summed E-state index contributed by atoms with van der Waals surface area (Å²) in [7, 11) is 0. The zero-order valence-electron chi connectivity index (χ0n) is 16.4. The molecular weight excluding hydrogens is 370 g/mol. The predicted molar refractivity (Wildman–Crippen MR) is 114 cm³/mol. The van der Waals surface area contributed by atoms with E-state index in [1.54, 1.807) is 6.07 Å². The first-order chi connectivity index (χ1) is 13.3. The maximum atomic E-state index is 12.6. The molecule has 0 unspecified atom stereocenters. The number of thioether (sulfide) groups is 1. The topological polar surface area (TPSA) is 64.0 Å². The molecule has 0 aliphatic rings. The minimum absolute atomic E-state index is 0.103. The van der Waals surface area contributed by atoms with Crippen molar-refractivity contribution in [2.45, 2.75) is 38.0 Å². The highest BCUT2D eigenvalue weighted by Gasteiger charge is 2.17. The number of rotatable bonds is 5. The molecule has 28 heavy (non-hydrogen) atoms. The van der Waals surface area contributed by atoms with Crippen molar-refractivity contribution in [1.82, 2.24) is 9.78 Å². The van der Waals surface area contributed by atoms with Gasteiger partial charge in [-0.3, -0.25) is 9.59 Å².